The summed E-state index contributed by atoms with van der Waals surface area (Å²) in [6.45, 7) is -4.20. The molecule has 2 aromatic heterocycles. The number of nitrogen functional groups attached to an aromatic ring is 1. The number of ether oxygens (including phenoxy) is 1. The topological polar surface area (TPSA) is 169 Å². The molecule has 3 heterocycles. The standard InChI is InChI=1S/C10H12N5O6PS/c11-10-13-8-7(9(17)14-10)12-3-15(8)6-1-4(16)5(21-6)2-20-22(18,19)23/h1,3,5-6,16H,2H2,(H2,18,19,23)(H3,11,13,14,17)/t5-,6-/m1/s1. The number of imidazole rings is 1. The third kappa shape index (κ3) is 3.27. The Hall–Kier alpha value is -1.82. The van der Waals surface area contributed by atoms with Gasteiger partial charge in [0.25, 0.3) is 5.56 Å². The highest BCUT2D eigenvalue weighted by atomic mass is 32.5. The summed E-state index contributed by atoms with van der Waals surface area (Å²) in [5.74, 6) is -0.269. The summed E-state index contributed by atoms with van der Waals surface area (Å²) in [5.41, 5.74) is 5.25. The van der Waals surface area contributed by atoms with Crippen LogP contribution in [0.15, 0.2) is 23.0 Å². The summed E-state index contributed by atoms with van der Waals surface area (Å²) >= 11 is 4.33. The number of nitrogens with zero attached hydrogens (tertiary/aromatic N) is 3. The summed E-state index contributed by atoms with van der Waals surface area (Å²) in [4.78, 5) is 40.0. The Balaban J connectivity index is 1.87. The van der Waals surface area contributed by atoms with Gasteiger partial charge in [-0.05, 0) is 11.8 Å². The molecule has 1 aliphatic rings. The van der Waals surface area contributed by atoms with E-state index in [0.29, 0.717) is 0 Å². The van der Waals surface area contributed by atoms with Gasteiger partial charge in [0.1, 0.15) is 11.9 Å². The molecule has 124 valence electrons. The molecule has 1 aliphatic heterocycles. The quantitative estimate of drug-likeness (QED) is 0.437. The number of rotatable bonds is 4. The van der Waals surface area contributed by atoms with Gasteiger partial charge >= 0.3 is 6.72 Å². The number of nitrogens with one attached hydrogen (secondary N) is 1. The molecule has 13 heteroatoms. The van der Waals surface area contributed by atoms with Crippen LogP contribution in [-0.2, 0) is 21.1 Å². The van der Waals surface area contributed by atoms with E-state index in [0.717, 1.165) is 0 Å². The second kappa shape index (κ2) is 5.67. The number of aliphatic hydroxyl groups is 1. The van der Waals surface area contributed by atoms with Gasteiger partial charge < -0.3 is 29.9 Å². The van der Waals surface area contributed by atoms with Crippen molar-refractivity contribution in [3.63, 3.8) is 0 Å². The van der Waals surface area contributed by atoms with Crippen molar-refractivity contribution in [3.05, 3.63) is 28.5 Å². The van der Waals surface area contributed by atoms with Crippen LogP contribution in [0.2, 0.25) is 0 Å². The maximum absolute atomic E-state index is 11.7. The Kier molecular flexibility index (Phi) is 3.96. The first-order valence-corrected chi connectivity index (χ1v) is 8.86. The van der Waals surface area contributed by atoms with E-state index in [4.69, 9.17) is 20.3 Å². The molecular weight excluding hydrogens is 349 g/mol. The lowest BCUT2D eigenvalue weighted by Crippen LogP contribution is -2.20. The van der Waals surface area contributed by atoms with E-state index >= 15 is 0 Å². The van der Waals surface area contributed by atoms with Crippen LogP contribution in [-0.4, -0.2) is 47.1 Å². The van der Waals surface area contributed by atoms with Gasteiger partial charge in [0.2, 0.25) is 5.95 Å². The van der Waals surface area contributed by atoms with Crippen LogP contribution in [0.5, 0.6) is 0 Å². The van der Waals surface area contributed by atoms with Gasteiger partial charge in [-0.3, -0.25) is 14.3 Å². The number of hydrogen-bond acceptors (Lipinski definition) is 8. The molecule has 0 radical (unpaired) electrons. The predicted octanol–water partition coefficient (Wildman–Crippen LogP) is -0.733. The zero-order valence-electron chi connectivity index (χ0n) is 11.4. The average molecular weight is 361 g/mol. The molecule has 0 saturated carbocycles. The van der Waals surface area contributed by atoms with Gasteiger partial charge in [0.15, 0.2) is 17.4 Å². The number of aromatic amines is 1. The van der Waals surface area contributed by atoms with E-state index < -0.39 is 24.6 Å². The minimum atomic E-state index is -3.86. The Morgan fingerprint density at radius 1 is 1.57 bits per heavy atom. The molecule has 23 heavy (non-hydrogen) atoms. The van der Waals surface area contributed by atoms with Crippen molar-refractivity contribution in [2.24, 2.45) is 0 Å². The molecule has 2 atom stereocenters. The molecule has 0 aromatic carbocycles. The fraction of sp³-hybridized carbons (Fsp3) is 0.300. The van der Waals surface area contributed by atoms with Crippen LogP contribution in [0.25, 0.3) is 11.2 Å². The Morgan fingerprint density at radius 2 is 2.30 bits per heavy atom. The predicted molar refractivity (Wildman–Crippen MR) is 81.9 cm³/mol. The number of fused-ring (bicyclic) bond motifs is 1. The molecule has 0 amide bonds. The first-order chi connectivity index (χ1) is 10.7. The Morgan fingerprint density at radius 3 is 3.00 bits per heavy atom. The smallest absolute Gasteiger partial charge is 0.321 e. The lowest BCUT2D eigenvalue weighted by Gasteiger charge is -2.17. The summed E-state index contributed by atoms with van der Waals surface area (Å²) in [5, 5.41) is 9.86. The number of hydrogen-bond donors (Lipinski definition) is 5. The number of anilines is 1. The van der Waals surface area contributed by atoms with Crippen LogP contribution < -0.4 is 11.3 Å². The zero-order valence-corrected chi connectivity index (χ0v) is 13.1. The van der Waals surface area contributed by atoms with Crippen LogP contribution in [0.3, 0.4) is 0 Å². The molecule has 0 spiro atoms. The highest BCUT2D eigenvalue weighted by Gasteiger charge is 2.31. The van der Waals surface area contributed by atoms with Crippen molar-refractivity contribution in [1.82, 2.24) is 19.5 Å². The summed E-state index contributed by atoms with van der Waals surface area (Å²) in [6.07, 6.45) is 0.884. The van der Waals surface area contributed by atoms with Crippen molar-refractivity contribution in [2.75, 3.05) is 12.3 Å². The highest BCUT2D eigenvalue weighted by molar-refractivity contribution is 8.06. The largest absolute Gasteiger partial charge is 0.510 e. The van der Waals surface area contributed by atoms with Gasteiger partial charge in [-0.15, -0.1) is 0 Å². The van der Waals surface area contributed by atoms with Gasteiger partial charge in [0.05, 0.1) is 12.9 Å². The monoisotopic (exact) mass is 361 g/mol. The maximum atomic E-state index is 11.7. The zero-order chi connectivity index (χ0) is 16.8. The first kappa shape index (κ1) is 16.1. The molecule has 6 N–H and O–H groups in total. The third-order valence-corrected chi connectivity index (χ3v) is 3.87. The van der Waals surface area contributed by atoms with Crippen molar-refractivity contribution in [1.29, 1.82) is 0 Å². The fourth-order valence-electron chi connectivity index (χ4n) is 2.10. The summed E-state index contributed by atoms with van der Waals surface area (Å²) < 4.78 is 11.6. The lowest BCUT2D eigenvalue weighted by molar-refractivity contribution is -0.0185. The maximum Gasteiger partial charge on any atom is 0.321 e. The Bertz CT molecular complexity index is 887. The summed E-state index contributed by atoms with van der Waals surface area (Å²) in [7, 11) is 0. The second-order valence-electron chi connectivity index (χ2n) is 4.67. The molecule has 0 aliphatic carbocycles. The van der Waals surface area contributed by atoms with Crippen LogP contribution in [0.1, 0.15) is 6.23 Å². The van der Waals surface area contributed by atoms with E-state index in [1.807, 2.05) is 0 Å². The SMILES string of the molecule is Nc1nc2c(ncn2[C@H]2C=C(O)[C@@H](COP(O)(O)=S)O2)c(=O)[nH]1. The molecule has 0 saturated heterocycles. The number of aliphatic hydroxyl groups excluding tert-OH is 1. The van der Waals surface area contributed by atoms with Crippen molar-refractivity contribution < 1.29 is 24.2 Å². The van der Waals surface area contributed by atoms with Crippen LogP contribution >= 0.6 is 6.72 Å². The van der Waals surface area contributed by atoms with Crippen molar-refractivity contribution >= 4 is 35.6 Å². The van der Waals surface area contributed by atoms with Crippen LogP contribution in [0.4, 0.5) is 5.95 Å². The molecule has 11 nitrogen and oxygen atoms in total. The average Bonchev–Trinajstić information content (AvgIpc) is 2.99. The summed E-state index contributed by atoms with van der Waals surface area (Å²) in [6, 6.07) is 0. The molecule has 3 rings (SSSR count). The van der Waals surface area contributed by atoms with Crippen molar-refractivity contribution in [3.8, 4) is 0 Å². The molecule has 2 aromatic rings. The Labute approximate surface area is 133 Å². The van der Waals surface area contributed by atoms with Gasteiger partial charge in [-0.2, -0.15) is 4.98 Å². The number of nitrogens with two attached hydrogens (primary N) is 1. The number of H-pyrrole nitrogens is 1. The van der Waals surface area contributed by atoms with Crippen LogP contribution in [0, 0.1) is 0 Å². The van der Waals surface area contributed by atoms with E-state index in [9.17, 15) is 9.90 Å². The minimum Gasteiger partial charge on any atom is -0.510 e. The van der Waals surface area contributed by atoms with E-state index in [1.54, 1.807) is 0 Å². The first-order valence-electron chi connectivity index (χ1n) is 6.23. The van der Waals surface area contributed by atoms with Crippen molar-refractivity contribution in [2.45, 2.75) is 12.3 Å². The van der Waals surface area contributed by atoms with E-state index in [2.05, 4.69) is 31.3 Å². The van der Waals surface area contributed by atoms with E-state index in [-0.39, 0.29) is 29.5 Å². The van der Waals surface area contributed by atoms with Gasteiger partial charge in [-0.1, -0.05) is 0 Å². The van der Waals surface area contributed by atoms with Gasteiger partial charge in [0, 0.05) is 6.08 Å². The van der Waals surface area contributed by atoms with E-state index in [1.165, 1.54) is 17.0 Å². The fourth-order valence-corrected chi connectivity index (χ4v) is 2.61. The van der Waals surface area contributed by atoms with Gasteiger partial charge in [-0.25, -0.2) is 4.98 Å². The molecule has 0 fully saturated rings. The third-order valence-electron chi connectivity index (χ3n) is 3.07. The minimum absolute atomic E-state index is 0.0663. The second-order valence-corrected chi connectivity index (χ2v) is 7.33. The lowest BCUT2D eigenvalue weighted by atomic mass is 10.3. The molecule has 0 unspecified atom stereocenters. The molecule has 0 bridgehead atoms. The normalized spacial score (nSPS) is 21.7. The number of aromatic nitrogens is 4. The highest BCUT2D eigenvalue weighted by Crippen LogP contribution is 2.38. The molecular formula is C10H12N5O6PS.